The zero-order chi connectivity index (χ0) is 29.1. The molecule has 2 aromatic carbocycles. The lowest BCUT2D eigenvalue weighted by Crippen LogP contribution is -2.36. The number of halogens is 3. The SMILES string of the molecule is CCN(CCCN1CCC(F)CC1)c1cc(-c2cc(F)cc(-c3ccc(-n4ccn(C)c4=O)c(Cl)c3)c2O)ccn1. The number of phenols is 1. The van der Waals surface area contributed by atoms with Crippen LogP contribution in [0.3, 0.4) is 0 Å². The van der Waals surface area contributed by atoms with Crippen molar-refractivity contribution in [1.82, 2.24) is 19.0 Å². The summed E-state index contributed by atoms with van der Waals surface area (Å²) < 4.78 is 31.2. The Morgan fingerprint density at radius 2 is 1.78 bits per heavy atom. The zero-order valence-corrected chi connectivity index (χ0v) is 24.0. The van der Waals surface area contributed by atoms with Gasteiger partial charge in [-0.05, 0) is 80.3 Å². The molecule has 10 heteroatoms. The first kappa shape index (κ1) is 28.8. The average Bonchev–Trinajstić information content (AvgIpc) is 3.30. The first-order chi connectivity index (χ1) is 19.7. The number of nitrogens with zero attached hydrogens (tertiary/aromatic N) is 5. The summed E-state index contributed by atoms with van der Waals surface area (Å²) in [6, 6.07) is 11.2. The van der Waals surface area contributed by atoms with Gasteiger partial charge in [0, 0.05) is 62.9 Å². The molecule has 0 bridgehead atoms. The van der Waals surface area contributed by atoms with Crippen LogP contribution in [0.5, 0.6) is 5.75 Å². The van der Waals surface area contributed by atoms with Gasteiger partial charge in [-0.2, -0.15) is 0 Å². The van der Waals surface area contributed by atoms with E-state index >= 15 is 0 Å². The minimum atomic E-state index is -0.679. The van der Waals surface area contributed by atoms with E-state index in [-0.39, 0.29) is 17.0 Å². The standard InChI is InChI=1S/C31H34ClF2N5O2/c1-3-38(12-4-11-37-13-8-23(33)9-14-37)29-18-22(7-10-35-29)26-20-24(34)19-25(30(26)40)21-5-6-28(27(32)17-21)39-16-15-36(2)31(39)41/h5-7,10,15-20,23,40H,3-4,8-9,11-14H2,1-2H3. The molecule has 0 radical (unpaired) electrons. The van der Waals surface area contributed by atoms with Gasteiger partial charge in [0.15, 0.2) is 0 Å². The van der Waals surface area contributed by atoms with Crippen molar-refractivity contribution in [3.63, 3.8) is 0 Å². The summed E-state index contributed by atoms with van der Waals surface area (Å²) in [6.45, 7) is 6.05. The van der Waals surface area contributed by atoms with Crippen molar-refractivity contribution >= 4 is 17.4 Å². The Morgan fingerprint density at radius 3 is 2.41 bits per heavy atom. The highest BCUT2D eigenvalue weighted by Crippen LogP contribution is 2.40. The Bertz CT molecular complexity index is 1580. The molecule has 216 valence electrons. The van der Waals surface area contributed by atoms with Crippen molar-refractivity contribution in [2.24, 2.45) is 7.05 Å². The van der Waals surface area contributed by atoms with Crippen molar-refractivity contribution in [3.05, 3.63) is 82.4 Å². The summed E-state index contributed by atoms with van der Waals surface area (Å²) in [5, 5.41) is 11.6. The van der Waals surface area contributed by atoms with Gasteiger partial charge in [0.2, 0.25) is 0 Å². The van der Waals surface area contributed by atoms with Crippen LogP contribution in [-0.2, 0) is 7.05 Å². The second-order valence-electron chi connectivity index (χ2n) is 10.4. The number of likely N-dealkylation sites (tertiary alicyclic amines) is 1. The van der Waals surface area contributed by atoms with Crippen molar-refractivity contribution in [2.45, 2.75) is 32.4 Å². The van der Waals surface area contributed by atoms with Crippen LogP contribution in [0.2, 0.25) is 5.02 Å². The molecule has 5 rings (SSSR count). The molecule has 1 fully saturated rings. The van der Waals surface area contributed by atoms with E-state index in [0.717, 1.165) is 45.0 Å². The molecule has 0 unspecified atom stereocenters. The van der Waals surface area contributed by atoms with Gasteiger partial charge in [-0.25, -0.2) is 18.6 Å². The molecule has 1 saturated heterocycles. The van der Waals surface area contributed by atoms with E-state index in [1.807, 2.05) is 6.07 Å². The lowest BCUT2D eigenvalue weighted by atomic mass is 9.97. The molecule has 0 atom stereocenters. The van der Waals surface area contributed by atoms with Crippen LogP contribution in [0.1, 0.15) is 26.2 Å². The van der Waals surface area contributed by atoms with Crippen molar-refractivity contribution in [1.29, 1.82) is 0 Å². The number of phenolic OH excluding ortho intramolecular Hbond substituents is 1. The minimum Gasteiger partial charge on any atom is -0.507 e. The summed E-state index contributed by atoms with van der Waals surface area (Å²) in [6.07, 6.45) is 6.35. The van der Waals surface area contributed by atoms with E-state index in [4.69, 9.17) is 11.6 Å². The predicted octanol–water partition coefficient (Wildman–Crippen LogP) is 6.05. The third kappa shape index (κ3) is 6.31. The van der Waals surface area contributed by atoms with E-state index in [1.54, 1.807) is 49.9 Å². The Morgan fingerprint density at radius 1 is 1.07 bits per heavy atom. The Kier molecular flexibility index (Phi) is 8.75. The van der Waals surface area contributed by atoms with Gasteiger partial charge < -0.3 is 19.5 Å². The molecule has 0 spiro atoms. The number of anilines is 1. The molecule has 0 amide bonds. The second-order valence-corrected chi connectivity index (χ2v) is 10.8. The lowest BCUT2D eigenvalue weighted by molar-refractivity contribution is 0.150. The summed E-state index contributed by atoms with van der Waals surface area (Å²) in [4.78, 5) is 21.4. The highest BCUT2D eigenvalue weighted by atomic mass is 35.5. The van der Waals surface area contributed by atoms with Crippen LogP contribution in [0.25, 0.3) is 27.9 Å². The number of benzene rings is 2. The van der Waals surface area contributed by atoms with Crippen LogP contribution >= 0.6 is 11.6 Å². The van der Waals surface area contributed by atoms with Gasteiger partial charge >= 0.3 is 5.69 Å². The van der Waals surface area contributed by atoms with E-state index < -0.39 is 12.0 Å². The molecule has 1 N–H and O–H groups in total. The fourth-order valence-electron chi connectivity index (χ4n) is 5.36. The first-order valence-corrected chi connectivity index (χ1v) is 14.3. The molecule has 4 aromatic rings. The van der Waals surface area contributed by atoms with Gasteiger partial charge in [0.05, 0.1) is 10.7 Å². The normalized spacial score (nSPS) is 14.5. The number of aryl methyl sites for hydroxylation is 1. The van der Waals surface area contributed by atoms with Crippen molar-refractivity contribution in [2.75, 3.05) is 37.6 Å². The molecule has 1 aliphatic rings. The summed E-state index contributed by atoms with van der Waals surface area (Å²) >= 11 is 6.54. The highest BCUT2D eigenvalue weighted by molar-refractivity contribution is 6.32. The molecule has 41 heavy (non-hydrogen) atoms. The van der Waals surface area contributed by atoms with Crippen LogP contribution in [0.15, 0.2) is 65.8 Å². The van der Waals surface area contributed by atoms with E-state index in [0.29, 0.717) is 40.2 Å². The van der Waals surface area contributed by atoms with Crippen LogP contribution in [-0.4, -0.2) is 63.0 Å². The van der Waals surface area contributed by atoms with Crippen LogP contribution in [0, 0.1) is 5.82 Å². The fourth-order valence-corrected chi connectivity index (χ4v) is 5.63. The highest BCUT2D eigenvalue weighted by Gasteiger charge is 2.19. The topological polar surface area (TPSA) is 66.5 Å². The Balaban J connectivity index is 1.38. The van der Waals surface area contributed by atoms with E-state index in [1.165, 1.54) is 21.3 Å². The molecular formula is C31H34ClF2N5O2. The van der Waals surface area contributed by atoms with Gasteiger partial charge in [-0.3, -0.25) is 4.57 Å². The molecule has 3 heterocycles. The number of imidazole rings is 1. The maximum absolute atomic E-state index is 14.9. The number of pyridine rings is 1. The van der Waals surface area contributed by atoms with Gasteiger partial charge in [0.25, 0.3) is 0 Å². The third-order valence-electron chi connectivity index (χ3n) is 7.72. The zero-order valence-electron chi connectivity index (χ0n) is 23.2. The smallest absolute Gasteiger partial charge is 0.332 e. The lowest BCUT2D eigenvalue weighted by Gasteiger charge is -2.29. The van der Waals surface area contributed by atoms with Crippen LogP contribution < -0.4 is 10.6 Å². The molecule has 2 aromatic heterocycles. The minimum absolute atomic E-state index is 0.0800. The number of piperidine rings is 1. The molecular weight excluding hydrogens is 548 g/mol. The van der Waals surface area contributed by atoms with Crippen LogP contribution in [0.4, 0.5) is 14.6 Å². The van der Waals surface area contributed by atoms with Crippen molar-refractivity contribution in [3.8, 4) is 33.7 Å². The van der Waals surface area contributed by atoms with Crippen molar-refractivity contribution < 1.29 is 13.9 Å². The molecule has 0 saturated carbocycles. The van der Waals surface area contributed by atoms with Gasteiger partial charge in [0.1, 0.15) is 23.6 Å². The van der Waals surface area contributed by atoms with Gasteiger partial charge in [-0.1, -0.05) is 17.7 Å². The molecule has 1 aliphatic heterocycles. The predicted molar refractivity (Wildman–Crippen MR) is 159 cm³/mol. The fraction of sp³-hybridized carbons (Fsp3) is 0.355. The Hall–Kier alpha value is -3.69. The number of aromatic nitrogens is 3. The maximum Gasteiger partial charge on any atom is 0.332 e. The number of rotatable bonds is 9. The largest absolute Gasteiger partial charge is 0.507 e. The monoisotopic (exact) mass is 581 g/mol. The number of hydrogen-bond acceptors (Lipinski definition) is 5. The Labute approximate surface area is 243 Å². The van der Waals surface area contributed by atoms with Gasteiger partial charge in [-0.15, -0.1) is 0 Å². The average molecular weight is 582 g/mol. The first-order valence-electron chi connectivity index (χ1n) is 13.9. The molecule has 7 nitrogen and oxygen atoms in total. The number of aromatic hydroxyl groups is 1. The third-order valence-corrected chi connectivity index (χ3v) is 8.02. The second kappa shape index (κ2) is 12.4. The van der Waals surface area contributed by atoms with E-state index in [2.05, 4.69) is 21.7 Å². The van der Waals surface area contributed by atoms with E-state index in [9.17, 15) is 18.7 Å². The number of alkyl halides is 1. The molecule has 0 aliphatic carbocycles. The maximum atomic E-state index is 14.9. The summed E-state index contributed by atoms with van der Waals surface area (Å²) in [7, 11) is 1.65. The summed E-state index contributed by atoms with van der Waals surface area (Å²) in [5.74, 6) is 0.150. The quantitative estimate of drug-likeness (QED) is 0.260. The number of hydrogen-bond donors (Lipinski definition) is 1. The summed E-state index contributed by atoms with van der Waals surface area (Å²) in [5.41, 5.74) is 2.02.